The van der Waals surface area contributed by atoms with Gasteiger partial charge in [0.15, 0.2) is 0 Å². The van der Waals surface area contributed by atoms with E-state index in [0.717, 1.165) is 30.1 Å². The predicted octanol–water partition coefficient (Wildman–Crippen LogP) is 2.13. The molecule has 4 nitrogen and oxygen atoms in total. The lowest BCUT2D eigenvalue weighted by molar-refractivity contribution is 0.378. The molecule has 0 radical (unpaired) electrons. The van der Waals surface area contributed by atoms with Crippen LogP contribution in [-0.2, 0) is 13.0 Å². The van der Waals surface area contributed by atoms with Crippen molar-refractivity contribution in [3.63, 3.8) is 0 Å². The summed E-state index contributed by atoms with van der Waals surface area (Å²) in [5.74, 6) is 1.92. The standard InChI is InChI=1S/C15H22N4/c1-3-15-17-13-8-12(16)4-5-14(13)19(15)10-11-6-7-18(2)9-11/h4-5,8,11H,3,6-7,9-10,16H2,1-2H3. The lowest BCUT2D eigenvalue weighted by atomic mass is 10.1. The third-order valence-electron chi connectivity index (χ3n) is 4.10. The van der Waals surface area contributed by atoms with Crippen LogP contribution in [0.2, 0.25) is 0 Å². The van der Waals surface area contributed by atoms with Gasteiger partial charge in [-0.3, -0.25) is 0 Å². The first kappa shape index (κ1) is 12.5. The van der Waals surface area contributed by atoms with Gasteiger partial charge in [0.05, 0.1) is 11.0 Å². The number of nitrogens with zero attached hydrogens (tertiary/aromatic N) is 3. The van der Waals surface area contributed by atoms with Gasteiger partial charge in [0.25, 0.3) is 0 Å². The quantitative estimate of drug-likeness (QED) is 0.858. The molecule has 1 atom stereocenters. The summed E-state index contributed by atoms with van der Waals surface area (Å²) < 4.78 is 2.39. The highest BCUT2D eigenvalue weighted by Gasteiger charge is 2.21. The summed E-state index contributed by atoms with van der Waals surface area (Å²) in [6.07, 6.45) is 2.26. The van der Waals surface area contributed by atoms with Crippen molar-refractivity contribution in [3.05, 3.63) is 24.0 Å². The van der Waals surface area contributed by atoms with E-state index in [0.29, 0.717) is 0 Å². The van der Waals surface area contributed by atoms with E-state index >= 15 is 0 Å². The molecule has 0 spiro atoms. The molecule has 1 unspecified atom stereocenters. The molecule has 0 amide bonds. The molecule has 1 fully saturated rings. The van der Waals surface area contributed by atoms with Crippen LogP contribution in [0.3, 0.4) is 0 Å². The number of rotatable bonds is 3. The van der Waals surface area contributed by atoms with Crippen molar-refractivity contribution < 1.29 is 0 Å². The maximum absolute atomic E-state index is 5.85. The number of hydrogen-bond donors (Lipinski definition) is 1. The number of imidazole rings is 1. The van der Waals surface area contributed by atoms with Gasteiger partial charge in [0.1, 0.15) is 5.82 Å². The normalized spacial score (nSPS) is 20.4. The maximum atomic E-state index is 5.85. The van der Waals surface area contributed by atoms with Crippen molar-refractivity contribution in [2.24, 2.45) is 5.92 Å². The molecule has 3 rings (SSSR count). The summed E-state index contributed by atoms with van der Waals surface area (Å²) in [4.78, 5) is 7.13. The molecular formula is C15H22N4. The average molecular weight is 258 g/mol. The number of nitrogens with two attached hydrogens (primary N) is 1. The number of anilines is 1. The summed E-state index contributed by atoms with van der Waals surface area (Å²) in [5, 5.41) is 0. The Hall–Kier alpha value is -1.55. The second-order valence-electron chi connectivity index (χ2n) is 5.66. The smallest absolute Gasteiger partial charge is 0.109 e. The maximum Gasteiger partial charge on any atom is 0.109 e. The molecule has 2 heterocycles. The number of aryl methyl sites for hydroxylation is 1. The second kappa shape index (κ2) is 4.85. The van der Waals surface area contributed by atoms with Crippen LogP contribution in [0.1, 0.15) is 19.2 Å². The Bertz CT molecular complexity index is 587. The van der Waals surface area contributed by atoms with E-state index in [1.54, 1.807) is 0 Å². The Morgan fingerprint density at radius 1 is 1.42 bits per heavy atom. The number of benzene rings is 1. The lowest BCUT2D eigenvalue weighted by Crippen LogP contribution is -2.18. The molecule has 1 aliphatic rings. The molecule has 0 saturated carbocycles. The zero-order valence-corrected chi connectivity index (χ0v) is 11.8. The minimum absolute atomic E-state index is 0.741. The second-order valence-corrected chi connectivity index (χ2v) is 5.66. The lowest BCUT2D eigenvalue weighted by Gasteiger charge is -2.14. The van der Waals surface area contributed by atoms with E-state index in [1.807, 2.05) is 12.1 Å². The van der Waals surface area contributed by atoms with E-state index in [2.05, 4.69) is 29.5 Å². The van der Waals surface area contributed by atoms with Crippen molar-refractivity contribution in [1.82, 2.24) is 14.5 Å². The van der Waals surface area contributed by atoms with Gasteiger partial charge < -0.3 is 15.2 Å². The van der Waals surface area contributed by atoms with Crippen LogP contribution in [0.25, 0.3) is 11.0 Å². The molecule has 2 N–H and O–H groups in total. The SMILES string of the molecule is CCc1nc2cc(N)ccc2n1CC1CCN(C)C1. The zero-order chi connectivity index (χ0) is 13.4. The highest BCUT2D eigenvalue weighted by molar-refractivity contribution is 5.79. The molecular weight excluding hydrogens is 236 g/mol. The molecule has 0 aliphatic carbocycles. The number of likely N-dealkylation sites (tertiary alicyclic amines) is 1. The summed E-state index contributed by atoms with van der Waals surface area (Å²) in [6.45, 7) is 5.65. The van der Waals surface area contributed by atoms with Crippen LogP contribution in [-0.4, -0.2) is 34.6 Å². The molecule has 1 saturated heterocycles. The highest BCUT2D eigenvalue weighted by atomic mass is 15.1. The monoisotopic (exact) mass is 258 g/mol. The molecule has 4 heteroatoms. The third kappa shape index (κ3) is 2.32. The van der Waals surface area contributed by atoms with Crippen LogP contribution in [0.15, 0.2) is 18.2 Å². The molecule has 2 aromatic rings. The topological polar surface area (TPSA) is 47.1 Å². The Morgan fingerprint density at radius 2 is 2.26 bits per heavy atom. The Labute approximate surface area is 114 Å². The fraction of sp³-hybridized carbons (Fsp3) is 0.533. The zero-order valence-electron chi connectivity index (χ0n) is 11.8. The van der Waals surface area contributed by atoms with Gasteiger partial charge in [-0.05, 0) is 44.1 Å². The highest BCUT2D eigenvalue weighted by Crippen LogP contribution is 2.23. The van der Waals surface area contributed by atoms with E-state index in [1.165, 1.54) is 30.9 Å². The van der Waals surface area contributed by atoms with E-state index in [9.17, 15) is 0 Å². The van der Waals surface area contributed by atoms with Gasteiger partial charge in [0.2, 0.25) is 0 Å². The fourth-order valence-corrected chi connectivity index (χ4v) is 3.10. The van der Waals surface area contributed by atoms with E-state index in [4.69, 9.17) is 10.7 Å². The van der Waals surface area contributed by atoms with Gasteiger partial charge in [-0.1, -0.05) is 6.92 Å². The number of hydrogen-bond acceptors (Lipinski definition) is 3. The van der Waals surface area contributed by atoms with Gasteiger partial charge in [-0.25, -0.2) is 4.98 Å². The number of aromatic nitrogens is 2. The summed E-state index contributed by atoms with van der Waals surface area (Å²) >= 11 is 0. The van der Waals surface area contributed by atoms with Crippen molar-refractivity contribution in [2.75, 3.05) is 25.9 Å². The third-order valence-corrected chi connectivity index (χ3v) is 4.10. The van der Waals surface area contributed by atoms with Gasteiger partial charge in [-0.2, -0.15) is 0 Å². The minimum Gasteiger partial charge on any atom is -0.399 e. The largest absolute Gasteiger partial charge is 0.399 e. The predicted molar refractivity (Wildman–Crippen MR) is 79.1 cm³/mol. The van der Waals surface area contributed by atoms with Crippen LogP contribution >= 0.6 is 0 Å². The molecule has 102 valence electrons. The van der Waals surface area contributed by atoms with Crippen molar-refractivity contribution in [3.8, 4) is 0 Å². The fourth-order valence-electron chi connectivity index (χ4n) is 3.10. The summed E-state index contributed by atoms with van der Waals surface area (Å²) in [5.41, 5.74) is 8.90. The van der Waals surface area contributed by atoms with Crippen LogP contribution in [0.4, 0.5) is 5.69 Å². The first-order valence-corrected chi connectivity index (χ1v) is 7.10. The van der Waals surface area contributed by atoms with E-state index in [-0.39, 0.29) is 0 Å². The number of fused-ring (bicyclic) bond motifs is 1. The summed E-state index contributed by atoms with van der Waals surface area (Å²) in [7, 11) is 2.20. The van der Waals surface area contributed by atoms with Crippen molar-refractivity contribution >= 4 is 16.7 Å². The first-order valence-electron chi connectivity index (χ1n) is 7.10. The molecule has 1 aromatic heterocycles. The number of nitrogen functional groups attached to an aromatic ring is 1. The average Bonchev–Trinajstić information content (AvgIpc) is 2.94. The van der Waals surface area contributed by atoms with Gasteiger partial charge >= 0.3 is 0 Å². The van der Waals surface area contributed by atoms with E-state index < -0.39 is 0 Å². The van der Waals surface area contributed by atoms with Crippen LogP contribution in [0, 0.1) is 5.92 Å². The molecule has 19 heavy (non-hydrogen) atoms. The molecule has 0 bridgehead atoms. The van der Waals surface area contributed by atoms with Gasteiger partial charge in [0, 0.05) is 25.2 Å². The Balaban J connectivity index is 1.96. The van der Waals surface area contributed by atoms with Crippen LogP contribution in [0.5, 0.6) is 0 Å². The Kier molecular flexibility index (Phi) is 3.19. The summed E-state index contributed by atoms with van der Waals surface area (Å²) in [6, 6.07) is 6.06. The molecule has 1 aromatic carbocycles. The van der Waals surface area contributed by atoms with Crippen molar-refractivity contribution in [2.45, 2.75) is 26.3 Å². The Morgan fingerprint density at radius 3 is 2.95 bits per heavy atom. The van der Waals surface area contributed by atoms with Crippen molar-refractivity contribution in [1.29, 1.82) is 0 Å². The van der Waals surface area contributed by atoms with Crippen LogP contribution < -0.4 is 5.73 Å². The first-order chi connectivity index (χ1) is 9.17. The van der Waals surface area contributed by atoms with Gasteiger partial charge in [-0.15, -0.1) is 0 Å². The molecule has 1 aliphatic heterocycles. The minimum atomic E-state index is 0.741.